The van der Waals surface area contributed by atoms with E-state index in [0.717, 1.165) is 5.56 Å². The molecule has 1 unspecified atom stereocenters. The number of hydrogen-bond acceptors (Lipinski definition) is 8. The van der Waals surface area contributed by atoms with Crippen LogP contribution < -0.4 is 9.47 Å². The van der Waals surface area contributed by atoms with Gasteiger partial charge in [0.1, 0.15) is 42.5 Å². The number of nitrogens with one attached hydrogen (secondary N) is 1. The molecule has 2 heterocycles. The Bertz CT molecular complexity index is 1210. The summed E-state index contributed by atoms with van der Waals surface area (Å²) in [6.07, 6.45) is -13.4. The normalized spacial score (nSPS) is 24.2. The van der Waals surface area contributed by atoms with E-state index in [4.69, 9.17) is 25.8 Å². The van der Waals surface area contributed by atoms with Crippen molar-refractivity contribution >= 4 is 11.6 Å². The molecule has 0 saturated carbocycles. The molecule has 9 nitrogen and oxygen atoms in total. The van der Waals surface area contributed by atoms with E-state index in [0.29, 0.717) is 16.3 Å². The zero-order chi connectivity index (χ0) is 26.7. The zero-order valence-corrected chi connectivity index (χ0v) is 19.9. The Morgan fingerprint density at radius 2 is 1.78 bits per heavy atom. The minimum absolute atomic E-state index is 0.114. The Morgan fingerprint density at radius 3 is 2.49 bits per heavy atom. The van der Waals surface area contributed by atoms with E-state index in [-0.39, 0.29) is 13.0 Å². The molecule has 0 radical (unpaired) electrons. The van der Waals surface area contributed by atoms with Crippen LogP contribution in [0.15, 0.2) is 48.5 Å². The second kappa shape index (κ2) is 11.3. The lowest BCUT2D eigenvalue weighted by molar-refractivity contribution is -0.278. The molecule has 0 bridgehead atoms. The van der Waals surface area contributed by atoms with Gasteiger partial charge in [-0.05, 0) is 29.3 Å². The Balaban J connectivity index is 1.61. The number of H-pyrrole nitrogens is 1. The summed E-state index contributed by atoms with van der Waals surface area (Å²) < 4.78 is 57.9. The first-order valence-corrected chi connectivity index (χ1v) is 11.5. The molecule has 1 aromatic heterocycles. The van der Waals surface area contributed by atoms with Crippen molar-refractivity contribution in [2.45, 2.75) is 49.9 Å². The Labute approximate surface area is 214 Å². The number of benzene rings is 2. The minimum atomic E-state index is -4.82. The second-order valence-electron chi connectivity index (χ2n) is 8.40. The van der Waals surface area contributed by atoms with Crippen molar-refractivity contribution in [1.29, 1.82) is 0 Å². The van der Waals surface area contributed by atoms with E-state index in [1.807, 2.05) is 5.10 Å². The molecule has 200 valence electrons. The van der Waals surface area contributed by atoms with Crippen molar-refractivity contribution in [1.82, 2.24) is 10.2 Å². The van der Waals surface area contributed by atoms with E-state index >= 15 is 0 Å². The number of nitrogens with zero attached hydrogens (tertiary/aromatic N) is 1. The molecule has 13 heteroatoms. The lowest BCUT2D eigenvalue weighted by atomic mass is 9.99. The molecule has 0 spiro atoms. The van der Waals surface area contributed by atoms with Gasteiger partial charge in [-0.15, -0.1) is 5.10 Å². The molecular formula is C24H24ClF3N2O7. The molecular weight excluding hydrogens is 521 g/mol. The summed E-state index contributed by atoms with van der Waals surface area (Å²) in [5, 5.41) is 45.6. The number of hydrogen-bond donors (Lipinski definition) is 5. The lowest BCUT2D eigenvalue weighted by Crippen LogP contribution is -2.60. The summed E-state index contributed by atoms with van der Waals surface area (Å²) in [5.74, 6) is -0.225. The largest absolute Gasteiger partial charge is 0.489 e. The maximum Gasteiger partial charge on any atom is 0.433 e. The molecule has 2 aromatic carbocycles. The number of aliphatic hydroxyl groups excluding tert-OH is 4. The topological polar surface area (TPSA) is 137 Å². The number of alkyl halides is 3. The summed E-state index contributed by atoms with van der Waals surface area (Å²) in [6, 6.07) is 13.4. The van der Waals surface area contributed by atoms with Gasteiger partial charge in [0.2, 0.25) is 12.2 Å². The fraction of sp³-hybridized carbons (Fsp3) is 0.375. The van der Waals surface area contributed by atoms with Crippen molar-refractivity contribution in [2.24, 2.45) is 0 Å². The van der Waals surface area contributed by atoms with Crippen LogP contribution in [-0.2, 0) is 23.9 Å². The van der Waals surface area contributed by atoms with Gasteiger partial charge < -0.3 is 34.6 Å². The van der Waals surface area contributed by atoms with Gasteiger partial charge in [0.15, 0.2) is 0 Å². The second-order valence-corrected chi connectivity index (χ2v) is 8.83. The molecule has 1 saturated heterocycles. The van der Waals surface area contributed by atoms with Crippen LogP contribution in [0.3, 0.4) is 0 Å². The Morgan fingerprint density at radius 1 is 1.03 bits per heavy atom. The fourth-order valence-corrected chi connectivity index (χ4v) is 4.10. The van der Waals surface area contributed by atoms with Gasteiger partial charge in [-0.2, -0.15) is 13.2 Å². The summed E-state index contributed by atoms with van der Waals surface area (Å²) in [6.45, 7) is -0.618. The summed E-state index contributed by atoms with van der Waals surface area (Å²) >= 11 is 6.00. The number of aromatic nitrogens is 2. The molecule has 5 atom stereocenters. The third kappa shape index (κ3) is 6.17. The van der Waals surface area contributed by atoms with E-state index in [1.54, 1.807) is 48.5 Å². The number of aromatic amines is 1. The molecule has 0 amide bonds. The number of halogens is 4. The van der Waals surface area contributed by atoms with Crippen molar-refractivity contribution in [2.75, 3.05) is 6.61 Å². The average molecular weight is 545 g/mol. The van der Waals surface area contributed by atoms with Gasteiger partial charge in [-0.3, -0.25) is 5.10 Å². The predicted octanol–water partition coefficient (Wildman–Crippen LogP) is 2.43. The van der Waals surface area contributed by atoms with Crippen molar-refractivity contribution in [3.63, 3.8) is 0 Å². The Hall–Kier alpha value is -2.87. The Kier molecular flexibility index (Phi) is 8.26. The van der Waals surface area contributed by atoms with Gasteiger partial charge in [0.05, 0.1) is 12.2 Å². The van der Waals surface area contributed by atoms with E-state index in [1.165, 1.54) is 0 Å². The van der Waals surface area contributed by atoms with Crippen LogP contribution in [0.2, 0.25) is 5.02 Å². The van der Waals surface area contributed by atoms with Crippen LogP contribution in [0.5, 0.6) is 11.6 Å². The van der Waals surface area contributed by atoms with Gasteiger partial charge >= 0.3 is 6.18 Å². The highest BCUT2D eigenvalue weighted by Crippen LogP contribution is 2.38. The van der Waals surface area contributed by atoms with Crippen LogP contribution in [-0.4, -0.2) is 67.9 Å². The van der Waals surface area contributed by atoms with Gasteiger partial charge in [-0.1, -0.05) is 41.9 Å². The molecule has 5 N–H and O–H groups in total. The standard InChI is InChI=1S/C24H24ClF3N2O7/c25-14-6-3-4-12(8-14)11-35-16-7-2-1-5-13(16)9-15-21(24(26,27)28)29-30-22(15)37-23-20(34)19(33)18(32)17(10-31)36-23/h1-8,17-20,23,31-34H,9-11H2,(H,29,30)/t17-,18-,19+,20-,23?/m1/s1. The highest BCUT2D eigenvalue weighted by molar-refractivity contribution is 6.30. The first-order valence-electron chi connectivity index (χ1n) is 11.1. The monoisotopic (exact) mass is 544 g/mol. The van der Waals surface area contributed by atoms with E-state index < -0.39 is 60.6 Å². The number of para-hydroxylation sites is 1. The molecule has 37 heavy (non-hydrogen) atoms. The lowest BCUT2D eigenvalue weighted by Gasteiger charge is -2.39. The molecule has 3 aromatic rings. The third-order valence-corrected chi connectivity index (χ3v) is 6.05. The number of ether oxygens (including phenoxy) is 3. The number of aliphatic hydroxyl groups is 4. The van der Waals surface area contributed by atoms with Crippen LogP contribution >= 0.6 is 11.6 Å². The molecule has 1 aliphatic rings. The molecule has 1 aliphatic heterocycles. The SMILES string of the molecule is OC[C@H]1OC(Oc2n[nH]c(C(F)(F)F)c2Cc2ccccc2OCc2cccc(Cl)c2)[C@H](O)[C@@H](O)[C@@H]1O. The van der Waals surface area contributed by atoms with E-state index in [9.17, 15) is 33.6 Å². The molecule has 0 aliphatic carbocycles. The first-order chi connectivity index (χ1) is 17.6. The smallest absolute Gasteiger partial charge is 0.433 e. The summed E-state index contributed by atoms with van der Waals surface area (Å²) in [7, 11) is 0. The molecule has 1 fully saturated rings. The maximum atomic E-state index is 13.8. The van der Waals surface area contributed by atoms with Crippen LogP contribution in [0.1, 0.15) is 22.4 Å². The first kappa shape index (κ1) is 27.2. The van der Waals surface area contributed by atoms with Gasteiger partial charge in [-0.25, -0.2) is 0 Å². The predicted molar refractivity (Wildman–Crippen MR) is 123 cm³/mol. The van der Waals surface area contributed by atoms with Crippen LogP contribution in [0, 0.1) is 0 Å². The van der Waals surface area contributed by atoms with Crippen LogP contribution in [0.25, 0.3) is 0 Å². The maximum absolute atomic E-state index is 13.8. The summed E-state index contributed by atoms with van der Waals surface area (Å²) in [4.78, 5) is 0. The van der Waals surface area contributed by atoms with Crippen LogP contribution in [0.4, 0.5) is 13.2 Å². The zero-order valence-electron chi connectivity index (χ0n) is 19.1. The highest BCUT2D eigenvalue weighted by Gasteiger charge is 2.46. The summed E-state index contributed by atoms with van der Waals surface area (Å²) in [5.41, 5.74) is -0.441. The average Bonchev–Trinajstić information content (AvgIpc) is 3.26. The highest BCUT2D eigenvalue weighted by atomic mass is 35.5. The molecule has 4 rings (SSSR count). The van der Waals surface area contributed by atoms with E-state index in [2.05, 4.69) is 5.10 Å². The number of rotatable bonds is 8. The van der Waals surface area contributed by atoms with Crippen molar-refractivity contribution in [3.05, 3.63) is 75.9 Å². The van der Waals surface area contributed by atoms with Crippen molar-refractivity contribution in [3.8, 4) is 11.6 Å². The van der Waals surface area contributed by atoms with Crippen molar-refractivity contribution < 1.29 is 47.8 Å². The quantitative estimate of drug-likeness (QED) is 0.292. The fourth-order valence-electron chi connectivity index (χ4n) is 3.89. The van der Waals surface area contributed by atoms with Gasteiger partial charge in [0, 0.05) is 11.4 Å². The van der Waals surface area contributed by atoms with Gasteiger partial charge in [0.25, 0.3) is 0 Å². The third-order valence-electron chi connectivity index (χ3n) is 5.81. The minimum Gasteiger partial charge on any atom is -0.489 e.